The van der Waals surface area contributed by atoms with Crippen molar-refractivity contribution >= 4 is 11.7 Å². The normalized spacial score (nSPS) is 11.4. The zero-order valence-corrected chi connectivity index (χ0v) is 19.0. The molecule has 0 bridgehead atoms. The van der Waals surface area contributed by atoms with Gasteiger partial charge in [0.25, 0.3) is 5.91 Å². The fourth-order valence-corrected chi connectivity index (χ4v) is 3.36. The second kappa shape index (κ2) is 12.2. The molecule has 4 rings (SSSR count). The summed E-state index contributed by atoms with van der Waals surface area (Å²) in [5, 5.41) is 2.74. The first-order valence-corrected chi connectivity index (χ1v) is 11.2. The molecule has 176 valence electrons. The molecule has 35 heavy (non-hydrogen) atoms. The van der Waals surface area contributed by atoms with Crippen molar-refractivity contribution in [3.05, 3.63) is 120 Å². The van der Waals surface area contributed by atoms with Crippen LogP contribution in [-0.2, 0) is 22.6 Å². The van der Waals surface area contributed by atoms with Crippen molar-refractivity contribution in [2.75, 3.05) is 6.61 Å². The van der Waals surface area contributed by atoms with E-state index in [4.69, 9.17) is 9.47 Å². The Morgan fingerprint density at radius 3 is 2.17 bits per heavy atom. The van der Waals surface area contributed by atoms with E-state index in [1.54, 1.807) is 0 Å². The summed E-state index contributed by atoms with van der Waals surface area (Å²) in [5.41, 5.74) is 1.92. The maximum absolute atomic E-state index is 13.1. The maximum Gasteiger partial charge on any atom is 0.272 e. The molecule has 1 aromatic heterocycles. The Kier molecular flexibility index (Phi) is 8.29. The first kappa shape index (κ1) is 23.8. The Morgan fingerprint density at radius 2 is 1.49 bits per heavy atom. The van der Waals surface area contributed by atoms with E-state index in [2.05, 4.69) is 15.3 Å². The fourth-order valence-electron chi connectivity index (χ4n) is 3.36. The zero-order chi connectivity index (χ0) is 24.3. The molecule has 3 aromatic carbocycles. The van der Waals surface area contributed by atoms with Crippen molar-refractivity contribution in [3.63, 3.8) is 0 Å². The highest BCUT2D eigenvalue weighted by Crippen LogP contribution is 2.21. The van der Waals surface area contributed by atoms with E-state index in [9.17, 15) is 9.59 Å². The summed E-state index contributed by atoms with van der Waals surface area (Å²) in [6.45, 7) is 0.367. The third-order valence-corrected chi connectivity index (χ3v) is 5.17. The van der Waals surface area contributed by atoms with Crippen LogP contribution in [0.5, 0.6) is 11.5 Å². The highest BCUT2D eigenvalue weighted by molar-refractivity contribution is 5.96. The Labute approximate surface area is 203 Å². The van der Waals surface area contributed by atoms with Crippen molar-refractivity contribution < 1.29 is 19.1 Å². The number of carbonyl (C=O) groups is 2. The zero-order valence-electron chi connectivity index (χ0n) is 19.0. The minimum absolute atomic E-state index is 0.0366. The van der Waals surface area contributed by atoms with E-state index in [-0.39, 0.29) is 24.5 Å². The highest BCUT2D eigenvalue weighted by Gasteiger charge is 2.23. The Bertz CT molecular complexity index is 1220. The van der Waals surface area contributed by atoms with Gasteiger partial charge in [-0.15, -0.1) is 0 Å². The molecule has 7 nitrogen and oxygen atoms in total. The van der Waals surface area contributed by atoms with Gasteiger partial charge in [0.1, 0.15) is 23.2 Å². The summed E-state index contributed by atoms with van der Waals surface area (Å²) in [6, 6.07) is 25.6. The number of nitrogens with one attached hydrogen (secondary N) is 1. The van der Waals surface area contributed by atoms with Gasteiger partial charge in [-0.1, -0.05) is 60.7 Å². The second-order valence-electron chi connectivity index (χ2n) is 7.82. The van der Waals surface area contributed by atoms with Gasteiger partial charge in [-0.25, -0.2) is 4.98 Å². The van der Waals surface area contributed by atoms with E-state index in [1.807, 2.05) is 84.9 Å². The quantitative estimate of drug-likeness (QED) is 0.352. The molecule has 0 aliphatic carbocycles. The van der Waals surface area contributed by atoms with Gasteiger partial charge in [0, 0.05) is 18.8 Å². The molecule has 0 radical (unpaired) electrons. The standard InChI is InChI=1S/C28H25N3O4/c32-27(17-21-11-13-24(14-12-21)35-23-9-5-2-6-10-23)26(20-34-19-22-7-3-1-4-8-22)31-28(33)25-18-29-15-16-30-25/h1-16,18,26H,17,19-20H2,(H,31,33). The van der Waals surface area contributed by atoms with Crippen LogP contribution in [-0.4, -0.2) is 34.3 Å². The minimum atomic E-state index is -0.839. The van der Waals surface area contributed by atoms with Crippen LogP contribution in [0.4, 0.5) is 0 Å². The molecule has 1 amide bonds. The predicted octanol–water partition coefficient (Wildman–Crippen LogP) is 4.40. The molecule has 1 atom stereocenters. The van der Waals surface area contributed by atoms with E-state index >= 15 is 0 Å². The molecule has 1 unspecified atom stereocenters. The molecule has 0 fully saturated rings. The van der Waals surface area contributed by atoms with Crippen molar-refractivity contribution in [1.82, 2.24) is 15.3 Å². The number of para-hydroxylation sites is 1. The number of carbonyl (C=O) groups excluding carboxylic acids is 2. The van der Waals surface area contributed by atoms with Gasteiger partial charge in [-0.2, -0.15) is 0 Å². The molecular formula is C28H25N3O4. The van der Waals surface area contributed by atoms with Crippen LogP contribution in [0.25, 0.3) is 0 Å². The maximum atomic E-state index is 13.1. The predicted molar refractivity (Wildman–Crippen MR) is 131 cm³/mol. The van der Waals surface area contributed by atoms with Gasteiger partial charge >= 0.3 is 0 Å². The van der Waals surface area contributed by atoms with Gasteiger partial charge in [-0.3, -0.25) is 14.6 Å². The molecule has 0 aliphatic heterocycles. The Morgan fingerprint density at radius 1 is 0.800 bits per heavy atom. The van der Waals surface area contributed by atoms with Crippen molar-refractivity contribution in [3.8, 4) is 11.5 Å². The topological polar surface area (TPSA) is 90.4 Å². The SMILES string of the molecule is O=C(NC(COCc1ccccc1)C(=O)Cc1ccc(Oc2ccccc2)cc1)c1cnccn1. The molecular weight excluding hydrogens is 442 g/mol. The summed E-state index contributed by atoms with van der Waals surface area (Å²) in [5.74, 6) is 0.753. The number of hydrogen-bond donors (Lipinski definition) is 1. The number of rotatable bonds is 11. The number of hydrogen-bond acceptors (Lipinski definition) is 6. The van der Waals surface area contributed by atoms with Crippen LogP contribution in [0.15, 0.2) is 104 Å². The van der Waals surface area contributed by atoms with Crippen LogP contribution in [0.2, 0.25) is 0 Å². The van der Waals surface area contributed by atoms with Crippen LogP contribution in [0, 0.1) is 0 Å². The van der Waals surface area contributed by atoms with Gasteiger partial charge in [0.05, 0.1) is 19.4 Å². The lowest BCUT2D eigenvalue weighted by atomic mass is 10.0. The molecule has 4 aromatic rings. The molecule has 0 saturated heterocycles. The third kappa shape index (κ3) is 7.31. The molecule has 1 N–H and O–H groups in total. The first-order chi connectivity index (χ1) is 17.2. The minimum Gasteiger partial charge on any atom is -0.457 e. The third-order valence-electron chi connectivity index (χ3n) is 5.17. The molecule has 0 spiro atoms. The van der Waals surface area contributed by atoms with Crippen LogP contribution in [0.3, 0.4) is 0 Å². The summed E-state index contributed by atoms with van der Waals surface area (Å²) < 4.78 is 11.6. The van der Waals surface area contributed by atoms with Gasteiger partial charge in [0.15, 0.2) is 5.78 Å². The molecule has 1 heterocycles. The number of Topliss-reactive ketones (excluding diaryl/α,β-unsaturated/α-hetero) is 1. The largest absolute Gasteiger partial charge is 0.457 e. The van der Waals surface area contributed by atoms with Gasteiger partial charge in [0.2, 0.25) is 0 Å². The van der Waals surface area contributed by atoms with E-state index < -0.39 is 11.9 Å². The lowest BCUT2D eigenvalue weighted by Gasteiger charge is -2.18. The summed E-state index contributed by atoms with van der Waals surface area (Å²) in [4.78, 5) is 33.7. The monoisotopic (exact) mass is 467 g/mol. The van der Waals surface area contributed by atoms with Crippen LogP contribution < -0.4 is 10.1 Å². The molecule has 7 heteroatoms. The highest BCUT2D eigenvalue weighted by atomic mass is 16.5. The average Bonchev–Trinajstić information content (AvgIpc) is 2.91. The average molecular weight is 468 g/mol. The fraction of sp³-hybridized carbons (Fsp3) is 0.143. The summed E-state index contributed by atoms with van der Waals surface area (Å²) in [6.07, 6.45) is 4.39. The Hall–Kier alpha value is -4.36. The molecule has 0 saturated carbocycles. The van der Waals surface area contributed by atoms with E-state index in [1.165, 1.54) is 18.6 Å². The van der Waals surface area contributed by atoms with Crippen molar-refractivity contribution in [2.24, 2.45) is 0 Å². The first-order valence-electron chi connectivity index (χ1n) is 11.2. The van der Waals surface area contributed by atoms with Crippen molar-refractivity contribution in [1.29, 1.82) is 0 Å². The van der Waals surface area contributed by atoms with Gasteiger partial charge in [-0.05, 0) is 35.4 Å². The van der Waals surface area contributed by atoms with Crippen LogP contribution in [0.1, 0.15) is 21.6 Å². The summed E-state index contributed by atoms with van der Waals surface area (Å²) in [7, 11) is 0. The number of ketones is 1. The number of nitrogens with zero attached hydrogens (tertiary/aromatic N) is 2. The van der Waals surface area contributed by atoms with Gasteiger partial charge < -0.3 is 14.8 Å². The van der Waals surface area contributed by atoms with Crippen molar-refractivity contribution in [2.45, 2.75) is 19.1 Å². The molecule has 0 aliphatic rings. The number of aromatic nitrogens is 2. The second-order valence-corrected chi connectivity index (χ2v) is 7.82. The Balaban J connectivity index is 1.39. The number of amides is 1. The lowest BCUT2D eigenvalue weighted by molar-refractivity contribution is -0.121. The summed E-state index contributed by atoms with van der Waals surface area (Å²) >= 11 is 0. The lowest BCUT2D eigenvalue weighted by Crippen LogP contribution is -2.45. The van der Waals surface area contributed by atoms with Crippen LogP contribution >= 0.6 is 0 Å². The smallest absolute Gasteiger partial charge is 0.272 e. The van der Waals surface area contributed by atoms with E-state index in [0.29, 0.717) is 12.4 Å². The number of benzene rings is 3. The van der Waals surface area contributed by atoms with E-state index in [0.717, 1.165) is 16.9 Å². The number of ether oxygens (including phenoxy) is 2.